The molecule has 2 nitrogen and oxygen atoms in total. The second-order valence-corrected chi connectivity index (χ2v) is 4.32. The molecular weight excluding hydrogens is 210 g/mol. The lowest BCUT2D eigenvalue weighted by molar-refractivity contribution is 0.292. The van der Waals surface area contributed by atoms with Crippen LogP contribution in [0.15, 0.2) is 24.3 Å². The van der Waals surface area contributed by atoms with Crippen molar-refractivity contribution < 1.29 is 4.74 Å². The van der Waals surface area contributed by atoms with Crippen LogP contribution in [0, 0.1) is 0 Å². The number of ether oxygens (including phenoxy) is 1. The first-order valence-corrected chi connectivity index (χ1v) is 5.84. The van der Waals surface area contributed by atoms with E-state index < -0.39 is 0 Å². The van der Waals surface area contributed by atoms with E-state index in [4.69, 9.17) is 16.3 Å². The van der Waals surface area contributed by atoms with E-state index in [9.17, 15) is 0 Å². The van der Waals surface area contributed by atoms with Gasteiger partial charge in [0, 0.05) is 11.1 Å². The minimum atomic E-state index is 0.650. The van der Waals surface area contributed by atoms with Crippen LogP contribution >= 0.6 is 11.6 Å². The SMILES string of the molecule is Clc1ccc(OCCC2CCCN2)cc1. The third kappa shape index (κ3) is 3.40. The van der Waals surface area contributed by atoms with E-state index in [0.29, 0.717) is 6.04 Å². The zero-order chi connectivity index (χ0) is 10.5. The fraction of sp³-hybridized carbons (Fsp3) is 0.500. The molecule has 82 valence electrons. The molecule has 1 atom stereocenters. The third-order valence-electron chi connectivity index (χ3n) is 2.71. The lowest BCUT2D eigenvalue weighted by Crippen LogP contribution is -2.23. The van der Waals surface area contributed by atoms with Gasteiger partial charge in [-0.2, -0.15) is 0 Å². The van der Waals surface area contributed by atoms with Crippen LogP contribution in [-0.4, -0.2) is 19.2 Å². The van der Waals surface area contributed by atoms with Crippen molar-refractivity contribution in [2.45, 2.75) is 25.3 Å². The Morgan fingerprint density at radius 2 is 2.13 bits per heavy atom. The molecule has 15 heavy (non-hydrogen) atoms. The highest BCUT2D eigenvalue weighted by molar-refractivity contribution is 6.30. The van der Waals surface area contributed by atoms with Crippen LogP contribution in [0.2, 0.25) is 5.02 Å². The van der Waals surface area contributed by atoms with E-state index in [-0.39, 0.29) is 0 Å². The fourth-order valence-corrected chi connectivity index (χ4v) is 1.98. The van der Waals surface area contributed by atoms with Gasteiger partial charge in [-0.05, 0) is 50.1 Å². The molecule has 2 rings (SSSR count). The number of halogens is 1. The van der Waals surface area contributed by atoms with E-state index in [1.807, 2.05) is 24.3 Å². The Labute approximate surface area is 95.6 Å². The van der Waals surface area contributed by atoms with Crippen molar-refractivity contribution in [3.8, 4) is 5.75 Å². The molecule has 0 aromatic heterocycles. The quantitative estimate of drug-likeness (QED) is 0.851. The molecule has 1 aromatic carbocycles. The maximum absolute atomic E-state index is 5.78. The normalized spacial score (nSPS) is 20.5. The van der Waals surface area contributed by atoms with Crippen LogP contribution in [0.4, 0.5) is 0 Å². The van der Waals surface area contributed by atoms with Gasteiger partial charge in [-0.1, -0.05) is 11.6 Å². The Bertz CT molecular complexity index is 293. The second-order valence-electron chi connectivity index (χ2n) is 3.88. The predicted molar refractivity (Wildman–Crippen MR) is 62.6 cm³/mol. The maximum Gasteiger partial charge on any atom is 0.119 e. The van der Waals surface area contributed by atoms with E-state index in [1.165, 1.54) is 12.8 Å². The van der Waals surface area contributed by atoms with Crippen molar-refractivity contribution in [2.24, 2.45) is 0 Å². The second kappa shape index (κ2) is 5.38. The summed E-state index contributed by atoms with van der Waals surface area (Å²) in [5, 5.41) is 4.20. The third-order valence-corrected chi connectivity index (χ3v) is 2.96. The fourth-order valence-electron chi connectivity index (χ4n) is 1.85. The molecule has 1 aliphatic rings. The van der Waals surface area contributed by atoms with Gasteiger partial charge in [-0.25, -0.2) is 0 Å². The van der Waals surface area contributed by atoms with Crippen molar-refractivity contribution in [3.63, 3.8) is 0 Å². The molecule has 1 unspecified atom stereocenters. The topological polar surface area (TPSA) is 21.3 Å². The molecule has 0 amide bonds. The predicted octanol–water partition coefficient (Wildman–Crippen LogP) is 2.86. The highest BCUT2D eigenvalue weighted by Crippen LogP contribution is 2.16. The number of nitrogens with one attached hydrogen (secondary N) is 1. The standard InChI is InChI=1S/C12H16ClNO/c13-10-3-5-12(6-4-10)15-9-7-11-2-1-8-14-11/h3-6,11,14H,1-2,7-9H2. The number of benzene rings is 1. The van der Waals surface area contributed by atoms with Crippen LogP contribution in [0.1, 0.15) is 19.3 Å². The molecule has 1 saturated heterocycles. The van der Waals surface area contributed by atoms with E-state index in [0.717, 1.165) is 30.3 Å². The summed E-state index contributed by atoms with van der Waals surface area (Å²) < 4.78 is 5.62. The molecule has 0 radical (unpaired) electrons. The first-order chi connectivity index (χ1) is 7.34. The van der Waals surface area contributed by atoms with Crippen LogP contribution in [0.3, 0.4) is 0 Å². The Kier molecular flexibility index (Phi) is 3.87. The number of rotatable bonds is 4. The van der Waals surface area contributed by atoms with Crippen molar-refractivity contribution >= 4 is 11.6 Å². The van der Waals surface area contributed by atoms with E-state index in [1.54, 1.807) is 0 Å². The Balaban J connectivity index is 1.71. The van der Waals surface area contributed by atoms with Crippen LogP contribution in [-0.2, 0) is 0 Å². The van der Waals surface area contributed by atoms with E-state index in [2.05, 4.69) is 5.32 Å². The lowest BCUT2D eigenvalue weighted by Gasteiger charge is -2.11. The zero-order valence-corrected chi connectivity index (χ0v) is 9.46. The van der Waals surface area contributed by atoms with Gasteiger partial charge >= 0.3 is 0 Å². The monoisotopic (exact) mass is 225 g/mol. The molecule has 3 heteroatoms. The molecule has 0 saturated carbocycles. The smallest absolute Gasteiger partial charge is 0.119 e. The molecule has 1 heterocycles. The molecule has 0 bridgehead atoms. The molecule has 0 spiro atoms. The molecule has 1 N–H and O–H groups in total. The molecule has 1 fully saturated rings. The van der Waals surface area contributed by atoms with Gasteiger partial charge in [0.05, 0.1) is 6.61 Å². The number of hydrogen-bond acceptors (Lipinski definition) is 2. The summed E-state index contributed by atoms with van der Waals surface area (Å²) in [4.78, 5) is 0. The summed E-state index contributed by atoms with van der Waals surface area (Å²) in [7, 11) is 0. The Morgan fingerprint density at radius 3 is 2.80 bits per heavy atom. The molecule has 0 aliphatic carbocycles. The summed E-state index contributed by atoms with van der Waals surface area (Å²) >= 11 is 5.78. The molecule has 1 aromatic rings. The minimum absolute atomic E-state index is 0.650. The molecular formula is C12H16ClNO. The molecule has 1 aliphatic heterocycles. The zero-order valence-electron chi connectivity index (χ0n) is 8.71. The lowest BCUT2D eigenvalue weighted by atomic mass is 10.2. The van der Waals surface area contributed by atoms with Crippen molar-refractivity contribution in [3.05, 3.63) is 29.3 Å². The number of hydrogen-bond donors (Lipinski definition) is 1. The highest BCUT2D eigenvalue weighted by atomic mass is 35.5. The largest absolute Gasteiger partial charge is 0.494 e. The first-order valence-electron chi connectivity index (χ1n) is 5.46. The van der Waals surface area contributed by atoms with Crippen molar-refractivity contribution in [1.82, 2.24) is 5.32 Å². The van der Waals surface area contributed by atoms with Gasteiger partial charge in [0.1, 0.15) is 5.75 Å². The van der Waals surface area contributed by atoms with Gasteiger partial charge in [0.15, 0.2) is 0 Å². The van der Waals surface area contributed by atoms with E-state index >= 15 is 0 Å². The van der Waals surface area contributed by atoms with Gasteiger partial charge in [-0.3, -0.25) is 0 Å². The first kappa shape index (κ1) is 10.8. The average molecular weight is 226 g/mol. The van der Waals surface area contributed by atoms with Crippen LogP contribution in [0.5, 0.6) is 5.75 Å². The van der Waals surface area contributed by atoms with Gasteiger partial charge in [-0.15, -0.1) is 0 Å². The van der Waals surface area contributed by atoms with Gasteiger partial charge < -0.3 is 10.1 Å². The summed E-state index contributed by atoms with van der Waals surface area (Å²) in [5.41, 5.74) is 0. The van der Waals surface area contributed by atoms with Gasteiger partial charge in [0.2, 0.25) is 0 Å². The van der Waals surface area contributed by atoms with Crippen LogP contribution < -0.4 is 10.1 Å². The average Bonchev–Trinajstić information content (AvgIpc) is 2.74. The highest BCUT2D eigenvalue weighted by Gasteiger charge is 2.13. The van der Waals surface area contributed by atoms with Gasteiger partial charge in [0.25, 0.3) is 0 Å². The summed E-state index contributed by atoms with van der Waals surface area (Å²) in [6.07, 6.45) is 3.66. The van der Waals surface area contributed by atoms with Crippen molar-refractivity contribution in [2.75, 3.05) is 13.2 Å². The minimum Gasteiger partial charge on any atom is -0.494 e. The Hall–Kier alpha value is -0.730. The van der Waals surface area contributed by atoms with Crippen LogP contribution in [0.25, 0.3) is 0 Å². The summed E-state index contributed by atoms with van der Waals surface area (Å²) in [5.74, 6) is 0.900. The summed E-state index contributed by atoms with van der Waals surface area (Å²) in [6.45, 7) is 1.94. The van der Waals surface area contributed by atoms with Crippen molar-refractivity contribution in [1.29, 1.82) is 0 Å². The maximum atomic E-state index is 5.78. The Morgan fingerprint density at radius 1 is 1.33 bits per heavy atom. The summed E-state index contributed by atoms with van der Waals surface area (Å²) in [6, 6.07) is 8.17.